The Bertz CT molecular complexity index is 289. The molecule has 1 saturated carbocycles. The summed E-state index contributed by atoms with van der Waals surface area (Å²) in [5.74, 6) is 0. The Kier molecular flexibility index (Phi) is 3.99. The van der Waals surface area contributed by atoms with Crippen molar-refractivity contribution in [3.63, 3.8) is 0 Å². The van der Waals surface area contributed by atoms with Crippen molar-refractivity contribution in [1.82, 2.24) is 4.31 Å². The van der Waals surface area contributed by atoms with Crippen LogP contribution in [0.3, 0.4) is 0 Å². The van der Waals surface area contributed by atoms with Gasteiger partial charge < -0.3 is 4.79 Å². The zero-order chi connectivity index (χ0) is 10.8. The summed E-state index contributed by atoms with van der Waals surface area (Å²) in [6.07, 6.45) is 6.96. The Hall–Kier alpha value is 0.300. The lowest BCUT2D eigenvalue weighted by Gasteiger charge is -2.32. The van der Waals surface area contributed by atoms with Gasteiger partial charge in [0.05, 0.1) is 5.03 Å². The molecule has 1 aliphatic heterocycles. The predicted octanol–water partition coefficient (Wildman–Crippen LogP) is 3.50. The number of hydrogen-bond donors (Lipinski definition) is 0. The second kappa shape index (κ2) is 5.09. The van der Waals surface area contributed by atoms with Gasteiger partial charge in [-0.15, -0.1) is 0 Å². The minimum absolute atomic E-state index is 0.327. The summed E-state index contributed by atoms with van der Waals surface area (Å²) in [6.45, 7) is 0. The zero-order valence-corrected chi connectivity index (χ0v) is 10.6. The van der Waals surface area contributed by atoms with Crippen molar-refractivity contribution in [3.05, 3.63) is 9.40 Å². The third-order valence-electron chi connectivity index (χ3n) is 2.97. The fourth-order valence-corrected chi connectivity index (χ4v) is 3.87. The molecule has 1 heterocycles. The molecule has 1 aliphatic carbocycles. The molecule has 5 heteroatoms. The van der Waals surface area contributed by atoms with Gasteiger partial charge in [0.2, 0.25) is 0 Å². The van der Waals surface area contributed by atoms with Crippen LogP contribution in [0.15, 0.2) is 9.40 Å². The first-order valence-electron chi connectivity index (χ1n) is 5.21. The molecule has 0 N–H and O–H groups in total. The molecule has 0 aromatic carbocycles. The Morgan fingerprint density at radius 1 is 1.27 bits per heavy atom. The van der Waals surface area contributed by atoms with E-state index in [-0.39, 0.29) is 6.04 Å². The van der Waals surface area contributed by atoms with E-state index in [1.807, 2.05) is 0 Å². The van der Waals surface area contributed by atoms with Crippen LogP contribution in [0.5, 0.6) is 0 Å². The standard InChI is InChI=1S/C10H13Cl2NOS/c11-9-8(6-14)13(15-10(9)12)7-4-2-1-3-5-7/h6-8H,1-5H2. The second-order valence-corrected chi connectivity index (χ2v) is 5.97. The van der Waals surface area contributed by atoms with E-state index < -0.39 is 0 Å². The van der Waals surface area contributed by atoms with E-state index in [2.05, 4.69) is 4.31 Å². The molecule has 0 aromatic heterocycles. The lowest BCUT2D eigenvalue weighted by Crippen LogP contribution is -2.37. The van der Waals surface area contributed by atoms with E-state index in [1.165, 1.54) is 31.2 Å². The van der Waals surface area contributed by atoms with Gasteiger partial charge in [0.1, 0.15) is 16.7 Å². The lowest BCUT2D eigenvalue weighted by molar-refractivity contribution is -0.110. The Morgan fingerprint density at radius 2 is 1.93 bits per heavy atom. The topological polar surface area (TPSA) is 20.3 Å². The summed E-state index contributed by atoms with van der Waals surface area (Å²) in [5.41, 5.74) is 0. The molecular weight excluding hydrogens is 253 g/mol. The SMILES string of the molecule is O=CC1C(Cl)=C(Cl)SN1C1CCCCC1. The monoisotopic (exact) mass is 265 g/mol. The van der Waals surface area contributed by atoms with Crippen molar-refractivity contribution in [1.29, 1.82) is 0 Å². The van der Waals surface area contributed by atoms with Crippen molar-refractivity contribution in [3.8, 4) is 0 Å². The molecule has 2 rings (SSSR count). The van der Waals surface area contributed by atoms with Crippen LogP contribution in [0, 0.1) is 0 Å². The van der Waals surface area contributed by atoms with E-state index in [0.29, 0.717) is 15.4 Å². The summed E-state index contributed by atoms with van der Waals surface area (Å²) in [7, 11) is 0. The molecular formula is C10H13Cl2NOS. The molecule has 2 aliphatic rings. The molecule has 15 heavy (non-hydrogen) atoms. The summed E-state index contributed by atoms with van der Waals surface area (Å²) in [5, 5.41) is 0.488. The molecule has 0 radical (unpaired) electrons. The van der Waals surface area contributed by atoms with Crippen molar-refractivity contribution in [2.75, 3.05) is 0 Å². The third kappa shape index (κ3) is 2.36. The maximum Gasteiger partial charge on any atom is 0.143 e. The van der Waals surface area contributed by atoms with Crippen LogP contribution in [0.1, 0.15) is 32.1 Å². The molecule has 84 valence electrons. The molecule has 0 amide bonds. The van der Waals surface area contributed by atoms with Gasteiger partial charge in [-0.1, -0.05) is 42.5 Å². The largest absolute Gasteiger partial charge is 0.301 e. The van der Waals surface area contributed by atoms with E-state index in [4.69, 9.17) is 23.2 Å². The first-order valence-corrected chi connectivity index (χ1v) is 6.73. The van der Waals surface area contributed by atoms with Crippen molar-refractivity contribution in [2.45, 2.75) is 44.2 Å². The zero-order valence-electron chi connectivity index (χ0n) is 8.29. The minimum atomic E-state index is -0.327. The molecule has 1 atom stereocenters. The third-order valence-corrected chi connectivity index (χ3v) is 5.12. The summed E-state index contributed by atoms with van der Waals surface area (Å²) >= 11 is 13.4. The molecule has 1 fully saturated rings. The van der Waals surface area contributed by atoms with Crippen molar-refractivity contribution < 1.29 is 4.79 Å². The number of carbonyl (C=O) groups excluding carboxylic acids is 1. The molecule has 0 bridgehead atoms. The highest BCUT2D eigenvalue weighted by atomic mass is 35.5. The number of carbonyl (C=O) groups is 1. The van der Waals surface area contributed by atoms with Crippen LogP contribution < -0.4 is 0 Å². The van der Waals surface area contributed by atoms with E-state index >= 15 is 0 Å². The van der Waals surface area contributed by atoms with E-state index in [9.17, 15) is 4.79 Å². The van der Waals surface area contributed by atoms with Gasteiger partial charge in [-0.25, -0.2) is 4.31 Å². The second-order valence-electron chi connectivity index (χ2n) is 3.95. The molecule has 1 unspecified atom stereocenters. The minimum Gasteiger partial charge on any atom is -0.301 e. The highest BCUT2D eigenvalue weighted by Crippen LogP contribution is 2.44. The van der Waals surface area contributed by atoms with Gasteiger partial charge in [-0.3, -0.25) is 0 Å². The molecule has 0 spiro atoms. The van der Waals surface area contributed by atoms with Gasteiger partial charge in [-0.05, 0) is 24.8 Å². The first kappa shape index (κ1) is 11.8. The lowest BCUT2D eigenvalue weighted by atomic mass is 9.95. The van der Waals surface area contributed by atoms with Gasteiger partial charge in [0, 0.05) is 6.04 Å². The van der Waals surface area contributed by atoms with Crippen LogP contribution in [-0.4, -0.2) is 22.7 Å². The number of aldehydes is 1. The highest BCUT2D eigenvalue weighted by molar-refractivity contribution is 8.02. The maximum atomic E-state index is 11.0. The first-order chi connectivity index (χ1) is 7.24. The van der Waals surface area contributed by atoms with Crippen molar-refractivity contribution >= 4 is 41.4 Å². The quantitative estimate of drug-likeness (QED) is 0.563. The average molecular weight is 266 g/mol. The van der Waals surface area contributed by atoms with E-state index in [1.54, 1.807) is 0 Å². The van der Waals surface area contributed by atoms with E-state index in [0.717, 1.165) is 19.1 Å². The van der Waals surface area contributed by atoms with Crippen LogP contribution in [0.2, 0.25) is 0 Å². The number of nitrogens with zero attached hydrogens (tertiary/aromatic N) is 1. The van der Waals surface area contributed by atoms with Crippen LogP contribution in [-0.2, 0) is 4.79 Å². The average Bonchev–Trinajstić information content (AvgIpc) is 2.56. The number of hydrogen-bond acceptors (Lipinski definition) is 3. The van der Waals surface area contributed by atoms with Gasteiger partial charge in [0.15, 0.2) is 0 Å². The van der Waals surface area contributed by atoms with Crippen LogP contribution in [0.25, 0.3) is 0 Å². The number of rotatable bonds is 2. The van der Waals surface area contributed by atoms with Crippen LogP contribution in [0.4, 0.5) is 0 Å². The number of halogens is 2. The normalized spacial score (nSPS) is 29.9. The van der Waals surface area contributed by atoms with Crippen LogP contribution >= 0.6 is 35.1 Å². The van der Waals surface area contributed by atoms with Gasteiger partial charge in [-0.2, -0.15) is 0 Å². The smallest absolute Gasteiger partial charge is 0.143 e. The van der Waals surface area contributed by atoms with Gasteiger partial charge >= 0.3 is 0 Å². The van der Waals surface area contributed by atoms with Gasteiger partial charge in [0.25, 0.3) is 0 Å². The molecule has 2 nitrogen and oxygen atoms in total. The fourth-order valence-electron chi connectivity index (χ4n) is 2.18. The Balaban J connectivity index is 2.07. The van der Waals surface area contributed by atoms with Crippen molar-refractivity contribution in [2.24, 2.45) is 0 Å². The molecule has 0 aromatic rings. The summed E-state index contributed by atoms with van der Waals surface area (Å²) in [6, 6.07) is 0.121. The maximum absolute atomic E-state index is 11.0. The summed E-state index contributed by atoms with van der Waals surface area (Å²) in [4.78, 5) is 11.0. The predicted molar refractivity (Wildman–Crippen MR) is 64.9 cm³/mol. The fraction of sp³-hybridized carbons (Fsp3) is 0.700. The molecule has 0 saturated heterocycles. The highest BCUT2D eigenvalue weighted by Gasteiger charge is 2.37. The Labute approximate surface area is 104 Å². The summed E-state index contributed by atoms with van der Waals surface area (Å²) < 4.78 is 2.62. The Morgan fingerprint density at radius 3 is 2.53 bits per heavy atom.